The second kappa shape index (κ2) is 7.21. The van der Waals surface area contributed by atoms with Gasteiger partial charge in [-0.15, -0.1) is 0 Å². The molecular weight excluding hydrogens is 306 g/mol. The number of amides is 1. The third-order valence-electron chi connectivity index (χ3n) is 3.43. The Kier molecular flexibility index (Phi) is 5.28. The molecule has 6 nitrogen and oxygen atoms in total. The predicted molar refractivity (Wildman–Crippen MR) is 89.7 cm³/mol. The SMILES string of the molecule is CC(C)(C)CC(NC(=O)c1cnc(C(=O)O)cn1)c1ccccc1. The van der Waals surface area contributed by atoms with Gasteiger partial charge in [-0.1, -0.05) is 51.1 Å². The molecule has 1 heterocycles. The van der Waals surface area contributed by atoms with Crippen molar-refractivity contribution in [1.29, 1.82) is 0 Å². The van der Waals surface area contributed by atoms with Crippen molar-refractivity contribution in [3.05, 3.63) is 59.7 Å². The van der Waals surface area contributed by atoms with Crippen LogP contribution in [0.3, 0.4) is 0 Å². The van der Waals surface area contributed by atoms with Crippen molar-refractivity contribution in [2.24, 2.45) is 5.41 Å². The minimum Gasteiger partial charge on any atom is -0.476 e. The molecule has 0 radical (unpaired) electrons. The molecule has 1 aromatic heterocycles. The zero-order chi connectivity index (χ0) is 17.7. The largest absolute Gasteiger partial charge is 0.476 e. The number of aromatic nitrogens is 2. The molecule has 0 aliphatic heterocycles. The van der Waals surface area contributed by atoms with Gasteiger partial charge in [-0.25, -0.2) is 14.8 Å². The second-order valence-corrected chi connectivity index (χ2v) is 6.79. The molecule has 2 aromatic rings. The summed E-state index contributed by atoms with van der Waals surface area (Å²) in [4.78, 5) is 30.9. The van der Waals surface area contributed by atoms with E-state index in [0.717, 1.165) is 18.2 Å². The van der Waals surface area contributed by atoms with E-state index in [0.29, 0.717) is 0 Å². The molecule has 6 heteroatoms. The maximum atomic E-state index is 12.4. The normalized spacial score (nSPS) is 12.5. The number of hydrogen-bond acceptors (Lipinski definition) is 4. The number of carboxylic acids is 1. The number of carbonyl (C=O) groups is 2. The van der Waals surface area contributed by atoms with Crippen molar-refractivity contribution in [3.63, 3.8) is 0 Å². The molecule has 1 amide bonds. The van der Waals surface area contributed by atoms with Gasteiger partial charge in [0.1, 0.15) is 5.69 Å². The molecule has 0 fully saturated rings. The van der Waals surface area contributed by atoms with Crippen molar-refractivity contribution in [2.45, 2.75) is 33.2 Å². The van der Waals surface area contributed by atoms with E-state index in [4.69, 9.17) is 5.11 Å². The standard InChI is InChI=1S/C18H21N3O3/c1-18(2,3)9-13(12-7-5-4-6-8-12)21-16(22)14-10-20-15(11-19-14)17(23)24/h4-8,10-11,13H,9H2,1-3H3,(H,21,22)(H,23,24). The van der Waals surface area contributed by atoms with Crippen LogP contribution in [0.2, 0.25) is 0 Å². The summed E-state index contributed by atoms with van der Waals surface area (Å²) in [7, 11) is 0. The fourth-order valence-corrected chi connectivity index (χ4v) is 2.34. The smallest absolute Gasteiger partial charge is 0.356 e. The number of rotatable bonds is 5. The molecule has 126 valence electrons. The molecule has 1 aromatic carbocycles. The van der Waals surface area contributed by atoms with Crippen molar-refractivity contribution in [1.82, 2.24) is 15.3 Å². The Morgan fingerprint density at radius 1 is 1.08 bits per heavy atom. The Labute approximate surface area is 141 Å². The van der Waals surface area contributed by atoms with Gasteiger partial charge in [0.15, 0.2) is 5.69 Å². The molecule has 0 bridgehead atoms. The molecule has 0 saturated heterocycles. The summed E-state index contributed by atoms with van der Waals surface area (Å²) in [6.45, 7) is 6.32. The van der Waals surface area contributed by atoms with E-state index in [9.17, 15) is 9.59 Å². The van der Waals surface area contributed by atoms with Crippen LogP contribution < -0.4 is 5.32 Å². The van der Waals surface area contributed by atoms with Gasteiger partial charge in [0.05, 0.1) is 18.4 Å². The summed E-state index contributed by atoms with van der Waals surface area (Å²) in [5.41, 5.74) is 0.929. The van der Waals surface area contributed by atoms with E-state index >= 15 is 0 Å². The van der Waals surface area contributed by atoms with E-state index in [1.807, 2.05) is 30.3 Å². The Hall–Kier alpha value is -2.76. The predicted octanol–water partition coefficient (Wildman–Crippen LogP) is 3.08. The fourth-order valence-electron chi connectivity index (χ4n) is 2.34. The van der Waals surface area contributed by atoms with Crippen LogP contribution >= 0.6 is 0 Å². The Bertz CT molecular complexity index is 707. The van der Waals surface area contributed by atoms with Crippen molar-refractivity contribution < 1.29 is 14.7 Å². The lowest BCUT2D eigenvalue weighted by molar-refractivity contribution is 0.0688. The molecule has 0 aliphatic carbocycles. The van der Waals surface area contributed by atoms with Gasteiger partial charge in [-0.05, 0) is 17.4 Å². The summed E-state index contributed by atoms with van der Waals surface area (Å²) in [6.07, 6.45) is 3.01. The number of carboxylic acid groups (broad SMARTS) is 1. The minimum atomic E-state index is -1.18. The minimum absolute atomic E-state index is 0.0205. The second-order valence-electron chi connectivity index (χ2n) is 6.79. The lowest BCUT2D eigenvalue weighted by atomic mass is 9.85. The van der Waals surface area contributed by atoms with Gasteiger partial charge in [0, 0.05) is 0 Å². The van der Waals surface area contributed by atoms with Gasteiger partial charge < -0.3 is 10.4 Å². The molecule has 2 N–H and O–H groups in total. The average molecular weight is 327 g/mol. The maximum Gasteiger partial charge on any atom is 0.356 e. The highest BCUT2D eigenvalue weighted by molar-refractivity contribution is 5.93. The van der Waals surface area contributed by atoms with Crippen LogP contribution in [0.1, 0.15) is 59.8 Å². The van der Waals surface area contributed by atoms with Crippen LogP contribution in [0.4, 0.5) is 0 Å². The van der Waals surface area contributed by atoms with Crippen LogP contribution in [0.25, 0.3) is 0 Å². The van der Waals surface area contributed by atoms with Crippen LogP contribution in [-0.2, 0) is 0 Å². The topological polar surface area (TPSA) is 92.2 Å². The zero-order valence-electron chi connectivity index (χ0n) is 14.0. The summed E-state index contributed by atoms with van der Waals surface area (Å²) in [5, 5.41) is 11.8. The van der Waals surface area contributed by atoms with Crippen LogP contribution in [0.5, 0.6) is 0 Å². The van der Waals surface area contributed by atoms with Gasteiger partial charge in [-0.2, -0.15) is 0 Å². The van der Waals surface area contributed by atoms with Crippen LogP contribution in [0, 0.1) is 5.41 Å². The van der Waals surface area contributed by atoms with Gasteiger partial charge in [0.2, 0.25) is 0 Å². The molecule has 1 unspecified atom stereocenters. The van der Waals surface area contributed by atoms with Gasteiger partial charge >= 0.3 is 5.97 Å². The summed E-state index contributed by atoms with van der Waals surface area (Å²) >= 11 is 0. The average Bonchev–Trinajstić information content (AvgIpc) is 2.54. The third kappa shape index (κ3) is 4.87. The quantitative estimate of drug-likeness (QED) is 0.880. The summed E-state index contributed by atoms with van der Waals surface area (Å²) in [5.74, 6) is -1.55. The van der Waals surface area contributed by atoms with E-state index in [1.165, 1.54) is 6.20 Å². The van der Waals surface area contributed by atoms with Crippen LogP contribution in [-0.4, -0.2) is 27.0 Å². The molecular formula is C18H21N3O3. The first-order valence-electron chi connectivity index (χ1n) is 7.67. The number of nitrogens with zero attached hydrogens (tertiary/aromatic N) is 2. The number of aromatic carboxylic acids is 1. The van der Waals surface area contributed by atoms with Crippen molar-refractivity contribution in [3.8, 4) is 0 Å². The fraction of sp³-hybridized carbons (Fsp3) is 0.333. The maximum absolute atomic E-state index is 12.4. The molecule has 2 rings (SSSR count). The van der Waals surface area contributed by atoms with E-state index in [1.54, 1.807) is 0 Å². The first kappa shape index (κ1) is 17.6. The molecule has 0 saturated carbocycles. The molecule has 0 spiro atoms. The number of benzene rings is 1. The third-order valence-corrected chi connectivity index (χ3v) is 3.43. The summed E-state index contributed by atoms with van der Waals surface area (Å²) < 4.78 is 0. The number of hydrogen-bond donors (Lipinski definition) is 2. The lowest BCUT2D eigenvalue weighted by Crippen LogP contribution is -2.32. The molecule has 0 aliphatic rings. The molecule has 1 atom stereocenters. The zero-order valence-corrected chi connectivity index (χ0v) is 14.0. The Morgan fingerprint density at radius 2 is 1.67 bits per heavy atom. The number of carbonyl (C=O) groups excluding carboxylic acids is 1. The summed E-state index contributed by atoms with van der Waals surface area (Å²) in [6, 6.07) is 9.55. The van der Waals surface area contributed by atoms with E-state index < -0.39 is 5.97 Å². The van der Waals surface area contributed by atoms with E-state index in [2.05, 4.69) is 36.1 Å². The van der Waals surface area contributed by atoms with Crippen molar-refractivity contribution >= 4 is 11.9 Å². The first-order valence-corrected chi connectivity index (χ1v) is 7.67. The highest BCUT2D eigenvalue weighted by Crippen LogP contribution is 2.29. The molecule has 24 heavy (non-hydrogen) atoms. The first-order chi connectivity index (χ1) is 11.3. The van der Waals surface area contributed by atoms with E-state index in [-0.39, 0.29) is 28.8 Å². The Morgan fingerprint density at radius 3 is 2.17 bits per heavy atom. The highest BCUT2D eigenvalue weighted by atomic mass is 16.4. The highest BCUT2D eigenvalue weighted by Gasteiger charge is 2.23. The van der Waals surface area contributed by atoms with Crippen molar-refractivity contribution in [2.75, 3.05) is 0 Å². The number of nitrogens with one attached hydrogen (secondary N) is 1. The van der Waals surface area contributed by atoms with Crippen LogP contribution in [0.15, 0.2) is 42.7 Å². The van der Waals surface area contributed by atoms with Gasteiger partial charge in [0.25, 0.3) is 5.91 Å². The van der Waals surface area contributed by atoms with Gasteiger partial charge in [-0.3, -0.25) is 4.79 Å². The lowest BCUT2D eigenvalue weighted by Gasteiger charge is -2.27. The Balaban J connectivity index is 2.19. The monoisotopic (exact) mass is 327 g/mol.